The van der Waals surface area contributed by atoms with E-state index in [1.54, 1.807) is 12.3 Å². The first-order chi connectivity index (χ1) is 19.4. The van der Waals surface area contributed by atoms with Crippen LogP contribution in [0.3, 0.4) is 0 Å². The molecule has 0 unspecified atom stereocenters. The molecule has 1 aliphatic heterocycles. The summed E-state index contributed by atoms with van der Waals surface area (Å²) >= 11 is 0. The van der Waals surface area contributed by atoms with E-state index >= 15 is 0 Å². The first kappa shape index (κ1) is 28.4. The van der Waals surface area contributed by atoms with E-state index in [1.807, 2.05) is 44.2 Å². The molecule has 13 heteroatoms. The quantitative estimate of drug-likeness (QED) is 0.344. The highest BCUT2D eigenvalue weighted by atomic mass is 32.2. The Balaban J connectivity index is 1.33. The predicted molar refractivity (Wildman–Crippen MR) is 147 cm³/mol. The number of sulfone groups is 1. The second kappa shape index (κ2) is 11.1. The lowest BCUT2D eigenvalue weighted by molar-refractivity contribution is -0.115. The van der Waals surface area contributed by atoms with E-state index in [2.05, 4.69) is 15.2 Å². The lowest BCUT2D eigenvalue weighted by Crippen LogP contribution is -2.45. The van der Waals surface area contributed by atoms with Crippen molar-refractivity contribution < 1.29 is 31.1 Å². The number of alkyl halides is 3. The van der Waals surface area contributed by atoms with Crippen LogP contribution in [0.15, 0.2) is 71.8 Å². The zero-order valence-corrected chi connectivity index (χ0v) is 22.9. The number of benzene rings is 1. The molecule has 1 saturated heterocycles. The number of amides is 1. The minimum absolute atomic E-state index is 0.0861. The van der Waals surface area contributed by atoms with Gasteiger partial charge in [-0.25, -0.2) is 18.4 Å². The Morgan fingerprint density at radius 2 is 1.71 bits per heavy atom. The van der Waals surface area contributed by atoms with Crippen molar-refractivity contribution in [2.45, 2.75) is 42.9 Å². The third kappa shape index (κ3) is 6.30. The van der Waals surface area contributed by atoms with E-state index in [9.17, 15) is 26.4 Å². The maximum atomic E-state index is 12.9. The number of nitrogens with one attached hydrogen (secondary N) is 1. The molecule has 2 atom stereocenters. The van der Waals surface area contributed by atoms with Crippen molar-refractivity contribution in [1.82, 2.24) is 15.0 Å². The molecule has 1 aromatic carbocycles. The van der Waals surface area contributed by atoms with Crippen molar-refractivity contribution in [3.8, 4) is 11.4 Å². The third-order valence-corrected chi connectivity index (χ3v) is 7.93. The molecular formula is C28H26F3N5O4S. The summed E-state index contributed by atoms with van der Waals surface area (Å²) in [6.45, 7) is 5.51. The summed E-state index contributed by atoms with van der Waals surface area (Å²) in [4.78, 5) is 27.7. The Bertz CT molecular complexity index is 1700. The Labute approximate surface area is 234 Å². The molecular weight excluding hydrogens is 559 g/mol. The molecule has 0 radical (unpaired) electrons. The zero-order chi connectivity index (χ0) is 29.4. The topological polar surface area (TPSA) is 114 Å². The van der Waals surface area contributed by atoms with Crippen LogP contribution in [0.1, 0.15) is 19.5 Å². The number of halogens is 3. The van der Waals surface area contributed by atoms with Gasteiger partial charge in [0.1, 0.15) is 5.82 Å². The number of hydrogen-bond donors (Lipinski definition) is 1. The lowest BCUT2D eigenvalue weighted by atomic mass is 10.1. The number of pyridine rings is 3. The zero-order valence-electron chi connectivity index (χ0n) is 22.1. The first-order valence-corrected chi connectivity index (χ1v) is 14.2. The fraction of sp³-hybridized carbons (Fsp3) is 0.286. The van der Waals surface area contributed by atoms with E-state index in [0.29, 0.717) is 22.6 Å². The number of nitrogens with zero attached hydrogens (tertiary/aromatic N) is 4. The normalized spacial score (nSPS) is 17.9. The molecule has 4 heterocycles. The molecule has 214 valence electrons. The van der Waals surface area contributed by atoms with Crippen molar-refractivity contribution >= 4 is 38.2 Å². The summed E-state index contributed by atoms with van der Waals surface area (Å²) in [6, 6.07) is 15.1. The SMILES string of the molecule is C[C@@H]1CN(c2cccc(-c3ccc4cnc(CC(=O)Nc5cccc(S(=O)(=O)C(F)(F)F)c5)cc4n3)n2)C[C@H](C)O1. The first-order valence-electron chi connectivity index (χ1n) is 12.7. The molecule has 5 rings (SSSR count). The van der Waals surface area contributed by atoms with Crippen LogP contribution in [-0.4, -0.2) is 60.1 Å². The molecule has 0 spiro atoms. The van der Waals surface area contributed by atoms with Crippen molar-refractivity contribution in [3.05, 3.63) is 72.6 Å². The Kier molecular flexibility index (Phi) is 7.66. The average Bonchev–Trinajstić information content (AvgIpc) is 2.91. The maximum absolute atomic E-state index is 12.9. The van der Waals surface area contributed by atoms with Gasteiger partial charge < -0.3 is 15.0 Å². The Hall–Kier alpha value is -4.10. The molecule has 41 heavy (non-hydrogen) atoms. The van der Waals surface area contributed by atoms with E-state index in [4.69, 9.17) is 14.7 Å². The van der Waals surface area contributed by atoms with Crippen molar-refractivity contribution in [3.63, 3.8) is 0 Å². The van der Waals surface area contributed by atoms with Crippen LogP contribution in [0.25, 0.3) is 22.3 Å². The second-order valence-corrected chi connectivity index (χ2v) is 11.8. The van der Waals surface area contributed by atoms with Crippen molar-refractivity contribution in [1.29, 1.82) is 0 Å². The highest BCUT2D eigenvalue weighted by molar-refractivity contribution is 7.92. The van der Waals surface area contributed by atoms with Gasteiger partial charge in [-0.3, -0.25) is 9.78 Å². The number of morpholine rings is 1. The number of carbonyl (C=O) groups excluding carboxylic acids is 1. The van der Waals surface area contributed by atoms with Gasteiger partial charge in [-0.15, -0.1) is 0 Å². The van der Waals surface area contributed by atoms with Crippen LogP contribution in [0, 0.1) is 0 Å². The van der Waals surface area contributed by atoms with Gasteiger partial charge in [0.25, 0.3) is 9.84 Å². The van der Waals surface area contributed by atoms with Gasteiger partial charge in [0.2, 0.25) is 5.91 Å². The average molecular weight is 586 g/mol. The summed E-state index contributed by atoms with van der Waals surface area (Å²) in [5, 5.41) is 3.17. The minimum Gasteiger partial charge on any atom is -0.372 e. The number of anilines is 2. The molecule has 0 aliphatic carbocycles. The van der Waals surface area contributed by atoms with Gasteiger partial charge in [-0.1, -0.05) is 12.1 Å². The van der Waals surface area contributed by atoms with Crippen molar-refractivity contribution in [2.75, 3.05) is 23.3 Å². The Morgan fingerprint density at radius 1 is 1.00 bits per heavy atom. The molecule has 9 nitrogen and oxygen atoms in total. The van der Waals surface area contributed by atoms with Gasteiger partial charge >= 0.3 is 5.51 Å². The largest absolute Gasteiger partial charge is 0.501 e. The van der Waals surface area contributed by atoms with Crippen LogP contribution in [0.4, 0.5) is 24.7 Å². The molecule has 0 saturated carbocycles. The minimum atomic E-state index is -5.54. The van der Waals surface area contributed by atoms with E-state index < -0.39 is 26.1 Å². The number of aromatic nitrogens is 3. The molecule has 0 bridgehead atoms. The van der Waals surface area contributed by atoms with E-state index in [1.165, 1.54) is 6.07 Å². The van der Waals surface area contributed by atoms with E-state index in [-0.39, 0.29) is 24.3 Å². The smallest absolute Gasteiger partial charge is 0.372 e. The fourth-order valence-corrected chi connectivity index (χ4v) is 5.46. The second-order valence-electron chi connectivity index (χ2n) is 9.81. The standard InChI is InChI=1S/C28H26F3N5O4S/c1-17-15-36(16-18(2)40-17)26-8-4-7-23(35-26)24-10-9-19-14-32-21(12-25(19)34-24)13-27(37)33-20-5-3-6-22(11-20)41(38,39)28(29,30)31/h3-12,14,17-18H,13,15-16H2,1-2H3,(H,33,37)/t17-,18+. The summed E-state index contributed by atoms with van der Waals surface area (Å²) in [5.74, 6) is 0.239. The Morgan fingerprint density at radius 3 is 2.44 bits per heavy atom. The number of carbonyl (C=O) groups is 1. The van der Waals surface area contributed by atoms with Crippen LogP contribution >= 0.6 is 0 Å². The maximum Gasteiger partial charge on any atom is 0.501 e. The van der Waals surface area contributed by atoms with Gasteiger partial charge in [0, 0.05) is 30.4 Å². The summed E-state index contributed by atoms with van der Waals surface area (Å²) in [6.07, 6.45) is 1.54. The molecule has 1 fully saturated rings. The molecule has 1 aliphatic rings. The van der Waals surface area contributed by atoms with Gasteiger partial charge in [-0.05, 0) is 62.4 Å². The van der Waals surface area contributed by atoms with E-state index in [0.717, 1.165) is 42.5 Å². The molecule has 1 N–H and O–H groups in total. The van der Waals surface area contributed by atoms with Crippen LogP contribution in [-0.2, 0) is 25.8 Å². The molecule has 3 aromatic heterocycles. The summed E-state index contributed by atoms with van der Waals surface area (Å²) < 4.78 is 67.9. The lowest BCUT2D eigenvalue weighted by Gasteiger charge is -2.36. The highest BCUT2D eigenvalue weighted by Crippen LogP contribution is 2.31. The third-order valence-electron chi connectivity index (χ3n) is 6.45. The number of fused-ring (bicyclic) bond motifs is 1. The highest BCUT2D eigenvalue weighted by Gasteiger charge is 2.46. The number of ether oxygens (including phenoxy) is 1. The van der Waals surface area contributed by atoms with Crippen LogP contribution in [0.2, 0.25) is 0 Å². The molecule has 1 amide bonds. The predicted octanol–water partition coefficient (Wildman–Crippen LogP) is 4.78. The van der Waals surface area contributed by atoms with Crippen LogP contribution < -0.4 is 10.2 Å². The van der Waals surface area contributed by atoms with Gasteiger partial charge in [-0.2, -0.15) is 13.2 Å². The van der Waals surface area contributed by atoms with Crippen LogP contribution in [0.5, 0.6) is 0 Å². The molecule has 4 aromatic rings. The monoisotopic (exact) mass is 585 g/mol. The van der Waals surface area contributed by atoms with Gasteiger partial charge in [0.05, 0.1) is 46.1 Å². The number of hydrogen-bond acceptors (Lipinski definition) is 8. The fourth-order valence-electron chi connectivity index (χ4n) is 4.65. The van der Waals surface area contributed by atoms with Gasteiger partial charge in [0.15, 0.2) is 0 Å². The van der Waals surface area contributed by atoms with Crippen molar-refractivity contribution in [2.24, 2.45) is 0 Å². The number of rotatable bonds is 6. The summed E-state index contributed by atoms with van der Waals surface area (Å²) in [7, 11) is -5.54. The summed E-state index contributed by atoms with van der Waals surface area (Å²) in [5.41, 5.74) is -3.26.